The van der Waals surface area contributed by atoms with E-state index in [1.165, 1.54) is 22.7 Å². The molecule has 3 rings (SSSR count). The monoisotopic (exact) mass is 391 g/mol. The van der Waals surface area contributed by atoms with E-state index in [4.69, 9.17) is 4.74 Å². The summed E-state index contributed by atoms with van der Waals surface area (Å²) in [6, 6.07) is 6.72. The average Bonchev–Trinajstić information content (AvgIpc) is 3.34. The molecule has 2 aromatic heterocycles. The lowest BCUT2D eigenvalue weighted by atomic mass is 10.0. The lowest BCUT2D eigenvalue weighted by Crippen LogP contribution is -2.32. The first-order valence-electron chi connectivity index (χ1n) is 8.48. The van der Waals surface area contributed by atoms with Gasteiger partial charge in [0.1, 0.15) is 0 Å². The molecule has 1 N–H and O–H groups in total. The number of amides is 1. The lowest BCUT2D eigenvalue weighted by Gasteiger charge is -2.25. The Balaban J connectivity index is 1.87. The van der Waals surface area contributed by atoms with Crippen LogP contribution in [0.4, 0.5) is 0 Å². The van der Waals surface area contributed by atoms with Gasteiger partial charge in [0, 0.05) is 18.0 Å². The summed E-state index contributed by atoms with van der Waals surface area (Å²) in [7, 11) is 0. The van der Waals surface area contributed by atoms with Gasteiger partial charge >= 0.3 is 0 Å². The number of ketones is 1. The Bertz CT molecular complexity index is 794. The number of hydrogen-bond donors (Lipinski definition) is 1. The van der Waals surface area contributed by atoms with E-state index in [-0.39, 0.29) is 17.5 Å². The predicted molar refractivity (Wildman–Crippen MR) is 103 cm³/mol. The SMILES string of the molecule is CC(C)OCCCN1C(=O)C(O)=C(C(=O)c2cccs2)[C@@H]1c1cccs1. The fraction of sp³-hybridized carbons (Fsp3) is 0.368. The summed E-state index contributed by atoms with van der Waals surface area (Å²) in [4.78, 5) is 28.5. The number of rotatable bonds is 8. The van der Waals surface area contributed by atoms with E-state index < -0.39 is 17.7 Å². The van der Waals surface area contributed by atoms with Gasteiger partial charge in [-0.1, -0.05) is 12.1 Å². The second-order valence-corrected chi connectivity index (χ2v) is 8.19. The first-order valence-corrected chi connectivity index (χ1v) is 10.2. The van der Waals surface area contributed by atoms with Crippen molar-refractivity contribution in [3.05, 3.63) is 56.1 Å². The van der Waals surface area contributed by atoms with Crippen molar-refractivity contribution >= 4 is 34.4 Å². The molecule has 26 heavy (non-hydrogen) atoms. The molecule has 138 valence electrons. The van der Waals surface area contributed by atoms with Crippen LogP contribution in [0, 0.1) is 0 Å². The first-order chi connectivity index (χ1) is 12.5. The maximum Gasteiger partial charge on any atom is 0.290 e. The molecule has 0 bridgehead atoms. The third kappa shape index (κ3) is 3.75. The lowest BCUT2D eigenvalue weighted by molar-refractivity contribution is -0.129. The predicted octanol–water partition coefficient (Wildman–Crippen LogP) is 4.20. The van der Waals surface area contributed by atoms with Crippen LogP contribution in [0.5, 0.6) is 0 Å². The van der Waals surface area contributed by atoms with Crippen LogP contribution in [0.3, 0.4) is 0 Å². The molecule has 1 amide bonds. The van der Waals surface area contributed by atoms with E-state index in [1.807, 2.05) is 36.7 Å². The highest BCUT2D eigenvalue weighted by Crippen LogP contribution is 2.41. The first kappa shape index (κ1) is 18.8. The Morgan fingerprint density at radius 1 is 1.27 bits per heavy atom. The van der Waals surface area contributed by atoms with Crippen LogP contribution in [0.1, 0.15) is 40.9 Å². The van der Waals surface area contributed by atoms with E-state index in [2.05, 4.69) is 0 Å². The molecule has 1 aliphatic rings. The number of hydrogen-bond acceptors (Lipinski definition) is 6. The third-order valence-corrected chi connectivity index (χ3v) is 5.89. The Morgan fingerprint density at radius 3 is 2.62 bits per heavy atom. The number of carbonyl (C=O) groups is 2. The maximum absolute atomic E-state index is 12.9. The van der Waals surface area contributed by atoms with Crippen molar-refractivity contribution in [1.29, 1.82) is 0 Å². The second-order valence-electron chi connectivity index (χ2n) is 6.26. The van der Waals surface area contributed by atoms with Gasteiger partial charge in [-0.05, 0) is 43.2 Å². The van der Waals surface area contributed by atoms with E-state index >= 15 is 0 Å². The zero-order chi connectivity index (χ0) is 18.7. The maximum atomic E-state index is 12.9. The van der Waals surface area contributed by atoms with Crippen LogP contribution in [-0.2, 0) is 9.53 Å². The van der Waals surface area contributed by atoms with Gasteiger partial charge in [0.25, 0.3) is 5.91 Å². The van der Waals surface area contributed by atoms with E-state index in [1.54, 1.807) is 17.0 Å². The number of Topliss-reactive ketones (excluding diaryl/α,β-unsaturated/α-hetero) is 1. The number of aliphatic hydroxyl groups is 1. The Morgan fingerprint density at radius 2 is 2.00 bits per heavy atom. The second kappa shape index (κ2) is 8.16. The number of aliphatic hydroxyl groups excluding tert-OH is 1. The molecule has 1 atom stereocenters. The van der Waals surface area contributed by atoms with Crippen LogP contribution in [0.25, 0.3) is 0 Å². The van der Waals surface area contributed by atoms with Gasteiger partial charge in [0.2, 0.25) is 5.78 Å². The largest absolute Gasteiger partial charge is 0.503 e. The summed E-state index contributed by atoms with van der Waals surface area (Å²) in [5, 5.41) is 14.2. The summed E-state index contributed by atoms with van der Waals surface area (Å²) < 4.78 is 5.55. The van der Waals surface area contributed by atoms with E-state index in [0.29, 0.717) is 24.4 Å². The van der Waals surface area contributed by atoms with Gasteiger partial charge in [-0.25, -0.2) is 0 Å². The van der Waals surface area contributed by atoms with Crippen molar-refractivity contribution in [2.75, 3.05) is 13.2 Å². The van der Waals surface area contributed by atoms with Crippen molar-refractivity contribution in [1.82, 2.24) is 4.90 Å². The summed E-state index contributed by atoms with van der Waals surface area (Å²) >= 11 is 2.78. The minimum atomic E-state index is -0.545. The Hall–Kier alpha value is -1.96. The third-order valence-electron chi connectivity index (χ3n) is 4.10. The average molecular weight is 392 g/mol. The number of thiophene rings is 2. The fourth-order valence-corrected chi connectivity index (χ4v) is 4.48. The normalized spacial score (nSPS) is 17.6. The molecule has 0 radical (unpaired) electrons. The van der Waals surface area contributed by atoms with Crippen LogP contribution >= 0.6 is 22.7 Å². The molecule has 1 aliphatic heterocycles. The van der Waals surface area contributed by atoms with Gasteiger partial charge in [-0.3, -0.25) is 9.59 Å². The Kier molecular flexibility index (Phi) is 5.90. The van der Waals surface area contributed by atoms with Crippen LogP contribution in [-0.4, -0.2) is 41.0 Å². The Labute approximate surface area is 160 Å². The highest BCUT2D eigenvalue weighted by molar-refractivity contribution is 7.12. The summed E-state index contributed by atoms with van der Waals surface area (Å²) in [5.41, 5.74) is 0.171. The number of ether oxygens (including phenoxy) is 1. The van der Waals surface area contributed by atoms with E-state index in [9.17, 15) is 14.7 Å². The molecule has 3 heterocycles. The molecule has 7 heteroatoms. The molecule has 0 spiro atoms. The van der Waals surface area contributed by atoms with Crippen LogP contribution in [0.15, 0.2) is 46.4 Å². The molecule has 0 unspecified atom stereocenters. The quantitative estimate of drug-likeness (QED) is 0.541. The standard InChI is InChI=1S/C19H21NO4S2/c1-12(2)24-9-5-8-20-16(13-6-3-10-25-13)15(18(22)19(20)23)17(21)14-7-4-11-26-14/h3-4,6-7,10-12,16,22H,5,8-9H2,1-2H3/t16-/m0/s1. The van der Waals surface area contributed by atoms with Gasteiger partial charge in [-0.2, -0.15) is 0 Å². The molecule has 0 aromatic carbocycles. The minimum Gasteiger partial charge on any atom is -0.503 e. The fourth-order valence-electron chi connectivity index (χ4n) is 2.95. The van der Waals surface area contributed by atoms with Gasteiger partial charge in [0.05, 0.1) is 22.6 Å². The van der Waals surface area contributed by atoms with Gasteiger partial charge < -0.3 is 14.7 Å². The van der Waals surface area contributed by atoms with Crippen molar-refractivity contribution in [2.45, 2.75) is 32.4 Å². The zero-order valence-corrected chi connectivity index (χ0v) is 16.3. The number of carbonyl (C=O) groups excluding carboxylic acids is 2. The van der Waals surface area contributed by atoms with Crippen LogP contribution in [0.2, 0.25) is 0 Å². The summed E-state index contributed by atoms with van der Waals surface area (Å²) in [6.45, 7) is 4.86. The molecule has 0 saturated heterocycles. The number of nitrogens with zero attached hydrogens (tertiary/aromatic N) is 1. The molecule has 5 nitrogen and oxygen atoms in total. The highest BCUT2D eigenvalue weighted by Gasteiger charge is 2.44. The molecule has 2 aromatic rings. The summed E-state index contributed by atoms with van der Waals surface area (Å²) in [6.07, 6.45) is 0.763. The summed E-state index contributed by atoms with van der Waals surface area (Å²) in [5.74, 6) is -1.22. The van der Waals surface area contributed by atoms with Gasteiger partial charge in [-0.15, -0.1) is 22.7 Å². The molecule has 0 aliphatic carbocycles. The molecule has 0 saturated carbocycles. The topological polar surface area (TPSA) is 66.8 Å². The smallest absolute Gasteiger partial charge is 0.290 e. The molecular formula is C19H21NO4S2. The van der Waals surface area contributed by atoms with Gasteiger partial charge in [0.15, 0.2) is 5.76 Å². The van der Waals surface area contributed by atoms with Crippen molar-refractivity contribution in [2.24, 2.45) is 0 Å². The highest BCUT2D eigenvalue weighted by atomic mass is 32.1. The van der Waals surface area contributed by atoms with Crippen molar-refractivity contribution < 1.29 is 19.4 Å². The van der Waals surface area contributed by atoms with Crippen molar-refractivity contribution in [3.8, 4) is 0 Å². The zero-order valence-electron chi connectivity index (χ0n) is 14.7. The minimum absolute atomic E-state index is 0.125. The van der Waals surface area contributed by atoms with Crippen LogP contribution < -0.4 is 0 Å². The van der Waals surface area contributed by atoms with E-state index in [0.717, 1.165) is 4.88 Å². The molecular weight excluding hydrogens is 370 g/mol. The molecule has 0 fully saturated rings. The van der Waals surface area contributed by atoms with Crippen molar-refractivity contribution in [3.63, 3.8) is 0 Å².